The van der Waals surface area contributed by atoms with Crippen LogP contribution in [0.25, 0.3) is 0 Å². The van der Waals surface area contributed by atoms with Crippen LogP contribution in [0.15, 0.2) is 0 Å². The molecule has 0 bridgehead atoms. The summed E-state index contributed by atoms with van der Waals surface area (Å²) in [7, 11) is 0. The van der Waals surface area contributed by atoms with Gasteiger partial charge in [0.1, 0.15) is 0 Å². The van der Waals surface area contributed by atoms with Gasteiger partial charge in [-0.25, -0.2) is 0 Å². The summed E-state index contributed by atoms with van der Waals surface area (Å²) in [5, 5.41) is 3.45. The molecule has 0 saturated carbocycles. The van der Waals surface area contributed by atoms with Crippen LogP contribution in [-0.4, -0.2) is 63.5 Å². The van der Waals surface area contributed by atoms with E-state index in [4.69, 9.17) is 9.47 Å². The van der Waals surface area contributed by atoms with Crippen molar-refractivity contribution in [1.29, 1.82) is 0 Å². The standard InChI is InChI=1S/C15H32N2O2/c1-3-5-12-18-13-9-16-8-11-17-10-6-7-15(14-17)19-4-2/h15-16H,3-14H2,1-2H3. The minimum atomic E-state index is 0.455. The van der Waals surface area contributed by atoms with E-state index in [1.54, 1.807) is 0 Å². The van der Waals surface area contributed by atoms with Crippen LogP contribution in [0.1, 0.15) is 39.5 Å². The van der Waals surface area contributed by atoms with Gasteiger partial charge in [0.2, 0.25) is 0 Å². The van der Waals surface area contributed by atoms with Gasteiger partial charge in [-0.3, -0.25) is 4.90 Å². The number of rotatable bonds is 11. The third-order valence-electron chi connectivity index (χ3n) is 3.53. The highest BCUT2D eigenvalue weighted by Crippen LogP contribution is 2.12. The molecule has 1 saturated heterocycles. The fourth-order valence-corrected chi connectivity index (χ4v) is 2.44. The lowest BCUT2D eigenvalue weighted by atomic mass is 10.1. The lowest BCUT2D eigenvalue weighted by Crippen LogP contribution is -2.43. The lowest BCUT2D eigenvalue weighted by molar-refractivity contribution is 0.00624. The second-order valence-electron chi connectivity index (χ2n) is 5.24. The highest BCUT2D eigenvalue weighted by molar-refractivity contribution is 4.73. The predicted octanol–water partition coefficient (Wildman–Crippen LogP) is 1.89. The Morgan fingerprint density at radius 2 is 2.11 bits per heavy atom. The zero-order valence-electron chi connectivity index (χ0n) is 12.8. The van der Waals surface area contributed by atoms with Gasteiger partial charge < -0.3 is 14.8 Å². The average molecular weight is 272 g/mol. The molecule has 4 heteroatoms. The predicted molar refractivity (Wildman–Crippen MR) is 79.7 cm³/mol. The molecule has 1 fully saturated rings. The molecule has 1 unspecified atom stereocenters. The fraction of sp³-hybridized carbons (Fsp3) is 1.00. The second kappa shape index (κ2) is 11.6. The van der Waals surface area contributed by atoms with Gasteiger partial charge in [-0.05, 0) is 32.7 Å². The average Bonchev–Trinajstić information content (AvgIpc) is 2.43. The zero-order chi connectivity index (χ0) is 13.8. The molecule has 0 aromatic rings. The third-order valence-corrected chi connectivity index (χ3v) is 3.53. The highest BCUT2D eigenvalue weighted by Gasteiger charge is 2.19. The van der Waals surface area contributed by atoms with E-state index >= 15 is 0 Å². The van der Waals surface area contributed by atoms with Gasteiger partial charge in [-0.1, -0.05) is 13.3 Å². The normalized spacial score (nSPS) is 20.8. The van der Waals surface area contributed by atoms with Gasteiger partial charge in [-0.2, -0.15) is 0 Å². The maximum absolute atomic E-state index is 5.71. The van der Waals surface area contributed by atoms with E-state index in [0.717, 1.165) is 46.0 Å². The molecule has 0 aromatic heterocycles. The summed E-state index contributed by atoms with van der Waals surface area (Å²) in [6.45, 7) is 12.3. The number of nitrogens with one attached hydrogen (secondary N) is 1. The first-order valence-corrected chi connectivity index (χ1v) is 7.99. The van der Waals surface area contributed by atoms with Crippen LogP contribution >= 0.6 is 0 Å². The van der Waals surface area contributed by atoms with E-state index in [2.05, 4.69) is 24.1 Å². The summed E-state index contributed by atoms with van der Waals surface area (Å²) in [5.74, 6) is 0. The Morgan fingerprint density at radius 1 is 1.21 bits per heavy atom. The molecule has 19 heavy (non-hydrogen) atoms. The molecule has 0 radical (unpaired) electrons. The van der Waals surface area contributed by atoms with Crippen molar-refractivity contribution in [2.45, 2.75) is 45.6 Å². The maximum Gasteiger partial charge on any atom is 0.0702 e. The molecule has 1 rings (SSSR count). The summed E-state index contributed by atoms with van der Waals surface area (Å²) < 4.78 is 11.2. The van der Waals surface area contributed by atoms with Crippen LogP contribution in [-0.2, 0) is 9.47 Å². The fourth-order valence-electron chi connectivity index (χ4n) is 2.44. The molecule has 1 N–H and O–H groups in total. The van der Waals surface area contributed by atoms with E-state index in [1.807, 2.05) is 0 Å². The number of nitrogens with zero attached hydrogens (tertiary/aromatic N) is 1. The van der Waals surface area contributed by atoms with Crippen LogP contribution < -0.4 is 5.32 Å². The topological polar surface area (TPSA) is 33.7 Å². The number of hydrogen-bond acceptors (Lipinski definition) is 4. The molecule has 4 nitrogen and oxygen atoms in total. The van der Waals surface area contributed by atoms with Crippen molar-refractivity contribution >= 4 is 0 Å². The first-order chi connectivity index (χ1) is 9.36. The monoisotopic (exact) mass is 272 g/mol. The Morgan fingerprint density at radius 3 is 2.89 bits per heavy atom. The van der Waals surface area contributed by atoms with Crippen molar-refractivity contribution in [1.82, 2.24) is 10.2 Å². The number of hydrogen-bond donors (Lipinski definition) is 1. The van der Waals surface area contributed by atoms with E-state index < -0.39 is 0 Å². The lowest BCUT2D eigenvalue weighted by Gasteiger charge is -2.32. The maximum atomic E-state index is 5.71. The van der Waals surface area contributed by atoms with Crippen LogP contribution in [0, 0.1) is 0 Å². The van der Waals surface area contributed by atoms with Crippen LogP contribution in [0.2, 0.25) is 0 Å². The minimum Gasteiger partial charge on any atom is -0.380 e. The first-order valence-electron chi connectivity index (χ1n) is 7.99. The Bertz CT molecular complexity index is 201. The zero-order valence-corrected chi connectivity index (χ0v) is 12.8. The van der Waals surface area contributed by atoms with Crippen molar-refractivity contribution in [2.24, 2.45) is 0 Å². The Kier molecular flexibility index (Phi) is 10.4. The molecular formula is C15H32N2O2. The Labute approximate surface area is 118 Å². The Balaban J connectivity index is 1.91. The number of unbranched alkanes of at least 4 members (excludes halogenated alkanes) is 1. The molecule has 0 amide bonds. The van der Waals surface area contributed by atoms with E-state index in [0.29, 0.717) is 6.10 Å². The van der Waals surface area contributed by atoms with Crippen molar-refractivity contribution in [3.8, 4) is 0 Å². The van der Waals surface area contributed by atoms with Gasteiger partial charge in [-0.15, -0.1) is 0 Å². The van der Waals surface area contributed by atoms with Gasteiger partial charge >= 0.3 is 0 Å². The largest absolute Gasteiger partial charge is 0.380 e. The van der Waals surface area contributed by atoms with E-state index in [-0.39, 0.29) is 0 Å². The molecular weight excluding hydrogens is 240 g/mol. The molecule has 1 aliphatic heterocycles. The minimum absolute atomic E-state index is 0.455. The van der Waals surface area contributed by atoms with Crippen LogP contribution in [0.3, 0.4) is 0 Å². The summed E-state index contributed by atoms with van der Waals surface area (Å²) in [5.41, 5.74) is 0. The molecule has 0 aliphatic carbocycles. The number of piperidine rings is 1. The SMILES string of the molecule is CCCCOCCNCCN1CCCC(OCC)C1. The van der Waals surface area contributed by atoms with Gasteiger partial charge in [0.25, 0.3) is 0 Å². The van der Waals surface area contributed by atoms with E-state index in [1.165, 1.54) is 32.2 Å². The number of likely N-dealkylation sites (tertiary alicyclic amines) is 1. The van der Waals surface area contributed by atoms with E-state index in [9.17, 15) is 0 Å². The van der Waals surface area contributed by atoms with Crippen LogP contribution in [0.4, 0.5) is 0 Å². The molecule has 0 aromatic carbocycles. The van der Waals surface area contributed by atoms with Gasteiger partial charge in [0.15, 0.2) is 0 Å². The van der Waals surface area contributed by atoms with Crippen molar-refractivity contribution in [2.75, 3.05) is 52.5 Å². The molecule has 1 heterocycles. The number of ether oxygens (including phenoxy) is 2. The molecule has 0 spiro atoms. The summed E-state index contributed by atoms with van der Waals surface area (Å²) in [4.78, 5) is 2.51. The second-order valence-corrected chi connectivity index (χ2v) is 5.24. The van der Waals surface area contributed by atoms with Gasteiger partial charge in [0.05, 0.1) is 12.7 Å². The highest BCUT2D eigenvalue weighted by atomic mass is 16.5. The third kappa shape index (κ3) is 8.58. The summed E-state index contributed by atoms with van der Waals surface area (Å²) in [6, 6.07) is 0. The first kappa shape index (κ1) is 16.9. The van der Waals surface area contributed by atoms with Crippen molar-refractivity contribution < 1.29 is 9.47 Å². The summed E-state index contributed by atoms with van der Waals surface area (Å²) in [6.07, 6.45) is 5.33. The van der Waals surface area contributed by atoms with Crippen LogP contribution in [0.5, 0.6) is 0 Å². The summed E-state index contributed by atoms with van der Waals surface area (Å²) >= 11 is 0. The molecule has 1 aliphatic rings. The van der Waals surface area contributed by atoms with Gasteiger partial charge in [0, 0.05) is 39.4 Å². The van der Waals surface area contributed by atoms with Crippen molar-refractivity contribution in [3.63, 3.8) is 0 Å². The quantitative estimate of drug-likeness (QED) is 0.582. The smallest absolute Gasteiger partial charge is 0.0702 e. The Hall–Kier alpha value is -0.160. The molecule has 1 atom stereocenters. The molecule has 114 valence electrons. The van der Waals surface area contributed by atoms with Crippen molar-refractivity contribution in [3.05, 3.63) is 0 Å².